The minimum absolute atomic E-state index is 1.10. The zero-order valence-electron chi connectivity index (χ0n) is 16.6. The molecule has 0 aliphatic rings. The Bertz CT molecular complexity index is 834. The van der Waals surface area contributed by atoms with Crippen molar-refractivity contribution in [2.45, 2.75) is 78.1 Å². The fraction of sp³-hybridized carbons (Fsp3) is 0.480. The van der Waals surface area contributed by atoms with Gasteiger partial charge in [-0.25, -0.2) is 4.98 Å². The van der Waals surface area contributed by atoms with E-state index in [9.17, 15) is 0 Å². The maximum Gasteiger partial charge on any atom is 0.0712 e. The van der Waals surface area contributed by atoms with Crippen LogP contribution in [0.5, 0.6) is 0 Å². The summed E-state index contributed by atoms with van der Waals surface area (Å²) in [5.74, 6) is 0. The van der Waals surface area contributed by atoms with Gasteiger partial charge in [-0.1, -0.05) is 76.6 Å². The van der Waals surface area contributed by atoms with Gasteiger partial charge >= 0.3 is 0 Å². The summed E-state index contributed by atoms with van der Waals surface area (Å²) in [6.45, 7) is 4.57. The minimum atomic E-state index is 1.10. The van der Waals surface area contributed by atoms with Crippen LogP contribution in [-0.2, 0) is 12.8 Å². The fourth-order valence-electron chi connectivity index (χ4n) is 3.95. The number of para-hydroxylation sites is 1. The zero-order chi connectivity index (χ0) is 18.2. The van der Waals surface area contributed by atoms with Gasteiger partial charge in [0.25, 0.3) is 0 Å². The van der Waals surface area contributed by atoms with Crippen molar-refractivity contribution in [1.29, 1.82) is 0 Å². The van der Waals surface area contributed by atoms with Crippen molar-refractivity contribution in [3.8, 4) is 0 Å². The molecule has 0 unspecified atom stereocenters. The highest BCUT2D eigenvalue weighted by Crippen LogP contribution is 2.28. The molecule has 0 bridgehead atoms. The van der Waals surface area contributed by atoms with Gasteiger partial charge in [0.1, 0.15) is 0 Å². The molecule has 0 fully saturated rings. The first-order valence-electron chi connectivity index (χ1n) is 10.6. The molecule has 0 spiro atoms. The Kier molecular flexibility index (Phi) is 7.05. The van der Waals surface area contributed by atoms with Crippen molar-refractivity contribution in [2.24, 2.45) is 0 Å². The lowest BCUT2D eigenvalue weighted by atomic mass is 9.92. The van der Waals surface area contributed by atoms with Crippen LogP contribution in [0.25, 0.3) is 21.8 Å². The van der Waals surface area contributed by atoms with Gasteiger partial charge in [-0.3, -0.25) is 0 Å². The van der Waals surface area contributed by atoms with Gasteiger partial charge in [-0.05, 0) is 55.0 Å². The fourth-order valence-corrected chi connectivity index (χ4v) is 3.95. The Morgan fingerprint density at radius 1 is 0.692 bits per heavy atom. The van der Waals surface area contributed by atoms with Crippen LogP contribution < -0.4 is 0 Å². The quantitative estimate of drug-likeness (QED) is 0.271. The molecule has 0 radical (unpaired) electrons. The summed E-state index contributed by atoms with van der Waals surface area (Å²) in [5.41, 5.74) is 5.38. The van der Waals surface area contributed by atoms with E-state index in [1.54, 1.807) is 11.1 Å². The molecule has 1 heterocycles. The molecule has 1 aromatic heterocycles. The monoisotopic (exact) mass is 347 g/mol. The summed E-state index contributed by atoms with van der Waals surface area (Å²) in [6.07, 6.45) is 13.0. The summed E-state index contributed by atoms with van der Waals surface area (Å²) < 4.78 is 0. The highest BCUT2D eigenvalue weighted by atomic mass is 14.7. The molecule has 2 aromatic carbocycles. The number of pyridine rings is 1. The lowest BCUT2D eigenvalue weighted by molar-refractivity contribution is 0.652. The Labute approximate surface area is 158 Å². The third-order valence-corrected chi connectivity index (χ3v) is 5.49. The van der Waals surface area contributed by atoms with Crippen molar-refractivity contribution >= 4 is 21.8 Å². The van der Waals surface area contributed by atoms with Crippen LogP contribution in [0.2, 0.25) is 0 Å². The van der Waals surface area contributed by atoms with Gasteiger partial charge in [0.15, 0.2) is 0 Å². The van der Waals surface area contributed by atoms with Crippen LogP contribution in [0.1, 0.15) is 76.3 Å². The molecule has 26 heavy (non-hydrogen) atoms. The topological polar surface area (TPSA) is 12.9 Å². The number of rotatable bonds is 10. The van der Waals surface area contributed by atoms with Crippen molar-refractivity contribution in [2.75, 3.05) is 0 Å². The summed E-state index contributed by atoms with van der Waals surface area (Å²) in [5, 5.41) is 2.64. The molecule has 0 atom stereocenters. The molecule has 0 saturated carbocycles. The number of nitrogens with zero attached hydrogens (tertiary/aromatic N) is 1. The molecule has 3 aromatic rings. The van der Waals surface area contributed by atoms with E-state index in [1.165, 1.54) is 75.0 Å². The van der Waals surface area contributed by atoms with E-state index in [0.29, 0.717) is 0 Å². The number of benzene rings is 2. The normalized spacial score (nSPS) is 11.5. The standard InChI is InChI=1S/C25H33N/c1-3-5-7-9-13-20-17-18-25-23(22(20)15-10-8-6-4-2)19-21-14-11-12-16-24(21)26-25/h11-12,14,16-19H,3-10,13,15H2,1-2H3. The van der Waals surface area contributed by atoms with Crippen molar-refractivity contribution < 1.29 is 0 Å². The van der Waals surface area contributed by atoms with E-state index >= 15 is 0 Å². The van der Waals surface area contributed by atoms with Gasteiger partial charge in [0, 0.05) is 10.8 Å². The highest BCUT2D eigenvalue weighted by molar-refractivity contribution is 5.94. The third kappa shape index (κ3) is 4.63. The Morgan fingerprint density at radius 2 is 1.42 bits per heavy atom. The molecule has 0 saturated heterocycles. The lowest BCUT2D eigenvalue weighted by Gasteiger charge is -2.14. The van der Waals surface area contributed by atoms with Crippen LogP contribution in [-0.4, -0.2) is 4.98 Å². The summed E-state index contributed by atoms with van der Waals surface area (Å²) in [6, 6.07) is 15.5. The number of fused-ring (bicyclic) bond motifs is 2. The van der Waals surface area contributed by atoms with Crippen LogP contribution in [0.4, 0.5) is 0 Å². The van der Waals surface area contributed by atoms with E-state index in [4.69, 9.17) is 4.98 Å². The largest absolute Gasteiger partial charge is 0.248 e. The third-order valence-electron chi connectivity index (χ3n) is 5.49. The molecule has 0 aliphatic carbocycles. The molecule has 1 heteroatoms. The van der Waals surface area contributed by atoms with Gasteiger partial charge in [0.05, 0.1) is 11.0 Å². The first kappa shape index (κ1) is 18.9. The molecule has 0 aliphatic heterocycles. The maximum atomic E-state index is 4.93. The van der Waals surface area contributed by atoms with Gasteiger partial charge in [-0.2, -0.15) is 0 Å². The van der Waals surface area contributed by atoms with E-state index in [0.717, 1.165) is 11.0 Å². The molecular weight excluding hydrogens is 314 g/mol. The number of unbranched alkanes of at least 4 members (excludes halogenated alkanes) is 6. The van der Waals surface area contributed by atoms with E-state index in [1.807, 2.05) is 0 Å². The molecule has 1 nitrogen and oxygen atoms in total. The van der Waals surface area contributed by atoms with Gasteiger partial charge < -0.3 is 0 Å². The second kappa shape index (κ2) is 9.71. The molecular formula is C25H33N. The first-order valence-corrected chi connectivity index (χ1v) is 10.6. The number of aromatic nitrogens is 1. The van der Waals surface area contributed by atoms with Crippen molar-refractivity contribution in [3.63, 3.8) is 0 Å². The van der Waals surface area contributed by atoms with Crippen LogP contribution >= 0.6 is 0 Å². The molecule has 3 rings (SSSR count). The summed E-state index contributed by atoms with van der Waals surface area (Å²) in [7, 11) is 0. The van der Waals surface area contributed by atoms with E-state index in [2.05, 4.69) is 56.3 Å². The average molecular weight is 348 g/mol. The van der Waals surface area contributed by atoms with Crippen molar-refractivity contribution in [3.05, 3.63) is 53.6 Å². The van der Waals surface area contributed by atoms with Crippen LogP contribution in [0, 0.1) is 0 Å². The minimum Gasteiger partial charge on any atom is -0.248 e. The van der Waals surface area contributed by atoms with Crippen LogP contribution in [0.3, 0.4) is 0 Å². The average Bonchev–Trinajstić information content (AvgIpc) is 2.68. The predicted octanol–water partition coefficient (Wildman–Crippen LogP) is 7.63. The second-order valence-corrected chi connectivity index (χ2v) is 7.57. The SMILES string of the molecule is CCCCCCc1ccc2nc3ccccc3cc2c1CCCCCC. The predicted molar refractivity (Wildman–Crippen MR) is 115 cm³/mol. The lowest BCUT2D eigenvalue weighted by Crippen LogP contribution is -1.98. The Hall–Kier alpha value is -1.89. The Balaban J connectivity index is 1.94. The smallest absolute Gasteiger partial charge is 0.0712 e. The molecule has 138 valence electrons. The molecule has 0 N–H and O–H groups in total. The van der Waals surface area contributed by atoms with E-state index in [-0.39, 0.29) is 0 Å². The maximum absolute atomic E-state index is 4.93. The number of hydrogen-bond donors (Lipinski definition) is 0. The van der Waals surface area contributed by atoms with Gasteiger partial charge in [0.2, 0.25) is 0 Å². The second-order valence-electron chi connectivity index (χ2n) is 7.57. The van der Waals surface area contributed by atoms with E-state index < -0.39 is 0 Å². The Morgan fingerprint density at radius 3 is 2.19 bits per heavy atom. The van der Waals surface area contributed by atoms with Crippen molar-refractivity contribution in [1.82, 2.24) is 4.98 Å². The number of aryl methyl sites for hydroxylation is 2. The van der Waals surface area contributed by atoms with Gasteiger partial charge in [-0.15, -0.1) is 0 Å². The van der Waals surface area contributed by atoms with Crippen LogP contribution in [0.15, 0.2) is 42.5 Å². The highest BCUT2D eigenvalue weighted by Gasteiger charge is 2.10. The molecule has 0 amide bonds. The number of hydrogen-bond acceptors (Lipinski definition) is 1. The summed E-state index contributed by atoms with van der Waals surface area (Å²) >= 11 is 0. The zero-order valence-corrected chi connectivity index (χ0v) is 16.6. The first-order chi connectivity index (χ1) is 12.8. The summed E-state index contributed by atoms with van der Waals surface area (Å²) in [4.78, 5) is 4.93.